The number of anilines is 1. The minimum Gasteiger partial charge on any atom is -0.263 e. The molecule has 1 aromatic carbocycles. The molecular formula is C14H13N3O2S. The van der Waals surface area contributed by atoms with Crippen LogP contribution in [-0.2, 0) is 10.0 Å². The third-order valence-electron chi connectivity index (χ3n) is 2.85. The van der Waals surface area contributed by atoms with E-state index in [2.05, 4.69) is 9.71 Å². The van der Waals surface area contributed by atoms with E-state index in [0.717, 1.165) is 5.56 Å². The Morgan fingerprint density at radius 1 is 1.20 bits per heavy atom. The van der Waals surface area contributed by atoms with Crippen LogP contribution in [0, 0.1) is 25.2 Å². The van der Waals surface area contributed by atoms with Gasteiger partial charge in [-0.25, -0.2) is 13.4 Å². The summed E-state index contributed by atoms with van der Waals surface area (Å²) in [4.78, 5) is 4.09. The number of nitrogens with one attached hydrogen (secondary N) is 1. The number of hydrogen-bond acceptors (Lipinski definition) is 4. The molecule has 2 aromatic rings. The molecule has 0 bridgehead atoms. The summed E-state index contributed by atoms with van der Waals surface area (Å²) in [5.74, 6) is 0.286. The maximum Gasteiger partial charge on any atom is 0.263 e. The number of nitrogens with zero attached hydrogens (tertiary/aromatic N) is 2. The van der Waals surface area contributed by atoms with Crippen LogP contribution in [0.5, 0.6) is 0 Å². The lowest BCUT2D eigenvalue weighted by atomic mass is 10.2. The maximum absolute atomic E-state index is 12.4. The summed E-state index contributed by atoms with van der Waals surface area (Å²) in [6.45, 7) is 3.45. The molecule has 1 N–H and O–H groups in total. The Labute approximate surface area is 118 Å². The molecule has 0 saturated carbocycles. The Balaban J connectivity index is 2.47. The molecule has 102 valence electrons. The number of pyridine rings is 1. The molecule has 1 heterocycles. The van der Waals surface area contributed by atoms with E-state index in [1.807, 2.05) is 6.07 Å². The van der Waals surface area contributed by atoms with E-state index in [-0.39, 0.29) is 10.7 Å². The number of aromatic nitrogens is 1. The van der Waals surface area contributed by atoms with Gasteiger partial charge in [0.2, 0.25) is 0 Å². The molecule has 0 atom stereocenters. The highest BCUT2D eigenvalue weighted by Gasteiger charge is 2.18. The van der Waals surface area contributed by atoms with Crippen molar-refractivity contribution in [3.05, 3.63) is 53.2 Å². The largest absolute Gasteiger partial charge is 0.263 e. The van der Waals surface area contributed by atoms with Crippen molar-refractivity contribution in [2.45, 2.75) is 18.7 Å². The monoisotopic (exact) mass is 287 g/mol. The van der Waals surface area contributed by atoms with Gasteiger partial charge in [-0.3, -0.25) is 4.72 Å². The first-order valence-electron chi connectivity index (χ1n) is 5.89. The summed E-state index contributed by atoms with van der Waals surface area (Å²) in [6.07, 6.45) is 1.52. The zero-order valence-corrected chi connectivity index (χ0v) is 11.9. The molecule has 0 aliphatic carbocycles. The second kappa shape index (κ2) is 5.31. The Kier molecular flexibility index (Phi) is 3.72. The van der Waals surface area contributed by atoms with Crippen molar-refractivity contribution < 1.29 is 8.42 Å². The van der Waals surface area contributed by atoms with E-state index >= 15 is 0 Å². The van der Waals surface area contributed by atoms with Gasteiger partial charge in [-0.15, -0.1) is 0 Å². The van der Waals surface area contributed by atoms with Crippen LogP contribution < -0.4 is 4.72 Å². The SMILES string of the molecule is Cc1ccc(C#N)cc1S(=O)(=O)Nc1ncccc1C. The molecule has 1 aromatic heterocycles. The zero-order valence-electron chi connectivity index (χ0n) is 11.1. The van der Waals surface area contributed by atoms with Crippen LogP contribution in [0.25, 0.3) is 0 Å². The Bertz CT molecular complexity index is 792. The van der Waals surface area contributed by atoms with Crippen molar-refractivity contribution in [1.82, 2.24) is 4.98 Å². The molecule has 0 spiro atoms. The molecule has 0 radical (unpaired) electrons. The molecule has 0 aliphatic heterocycles. The van der Waals surface area contributed by atoms with Crippen LogP contribution >= 0.6 is 0 Å². The molecule has 2 rings (SSSR count). The van der Waals surface area contributed by atoms with Gasteiger partial charge < -0.3 is 0 Å². The summed E-state index contributed by atoms with van der Waals surface area (Å²) in [5, 5.41) is 8.87. The fraction of sp³-hybridized carbons (Fsp3) is 0.143. The number of nitriles is 1. The first kappa shape index (κ1) is 14.0. The van der Waals surface area contributed by atoms with E-state index in [0.29, 0.717) is 11.1 Å². The minimum atomic E-state index is -3.76. The Morgan fingerprint density at radius 3 is 2.60 bits per heavy atom. The van der Waals surface area contributed by atoms with Crippen molar-refractivity contribution >= 4 is 15.8 Å². The average molecular weight is 287 g/mol. The maximum atomic E-state index is 12.4. The number of benzene rings is 1. The van der Waals surface area contributed by atoms with E-state index < -0.39 is 10.0 Å². The zero-order chi connectivity index (χ0) is 14.8. The average Bonchev–Trinajstić information content (AvgIpc) is 2.41. The predicted molar refractivity (Wildman–Crippen MR) is 75.7 cm³/mol. The van der Waals surface area contributed by atoms with Crippen LogP contribution in [0.3, 0.4) is 0 Å². The van der Waals surface area contributed by atoms with Crippen molar-refractivity contribution in [3.8, 4) is 6.07 Å². The molecule has 0 unspecified atom stereocenters. The smallest absolute Gasteiger partial charge is 0.263 e. The quantitative estimate of drug-likeness (QED) is 0.939. The normalized spacial score (nSPS) is 10.8. The summed E-state index contributed by atoms with van der Waals surface area (Å²) in [6, 6.07) is 9.98. The summed E-state index contributed by atoms with van der Waals surface area (Å²) >= 11 is 0. The highest BCUT2D eigenvalue weighted by atomic mass is 32.2. The molecule has 0 aliphatic rings. The van der Waals surface area contributed by atoms with Gasteiger partial charge in [0, 0.05) is 6.20 Å². The van der Waals surface area contributed by atoms with Gasteiger partial charge in [0.15, 0.2) is 0 Å². The van der Waals surface area contributed by atoms with Gasteiger partial charge in [0.05, 0.1) is 16.5 Å². The topological polar surface area (TPSA) is 82.8 Å². The van der Waals surface area contributed by atoms with Crippen LogP contribution in [0.4, 0.5) is 5.82 Å². The van der Waals surface area contributed by atoms with Gasteiger partial charge >= 0.3 is 0 Å². The molecule has 0 fully saturated rings. The first-order valence-corrected chi connectivity index (χ1v) is 7.37. The molecular weight excluding hydrogens is 274 g/mol. The third kappa shape index (κ3) is 2.78. The molecule has 5 nitrogen and oxygen atoms in total. The lowest BCUT2D eigenvalue weighted by Crippen LogP contribution is -2.16. The second-order valence-electron chi connectivity index (χ2n) is 4.37. The van der Waals surface area contributed by atoms with Crippen LogP contribution in [-0.4, -0.2) is 13.4 Å². The minimum absolute atomic E-state index is 0.0848. The molecule has 6 heteroatoms. The summed E-state index contributed by atoms with van der Waals surface area (Å²) in [5.41, 5.74) is 1.60. The van der Waals surface area contributed by atoms with Gasteiger partial charge in [-0.2, -0.15) is 5.26 Å². The standard InChI is InChI=1S/C14H13N3O2S/c1-10-5-6-12(9-15)8-13(10)20(18,19)17-14-11(2)4-3-7-16-14/h3-8H,1-2H3,(H,16,17). The van der Waals surface area contributed by atoms with Gasteiger partial charge in [0.25, 0.3) is 10.0 Å². The highest BCUT2D eigenvalue weighted by molar-refractivity contribution is 7.92. The van der Waals surface area contributed by atoms with Crippen LogP contribution in [0.1, 0.15) is 16.7 Å². The molecule has 0 amide bonds. The number of aryl methyl sites for hydroxylation is 2. The van der Waals surface area contributed by atoms with Gasteiger partial charge in [-0.05, 0) is 43.2 Å². The summed E-state index contributed by atoms with van der Waals surface area (Å²) in [7, 11) is -3.76. The van der Waals surface area contributed by atoms with Crippen molar-refractivity contribution in [2.75, 3.05) is 4.72 Å². The third-order valence-corrected chi connectivity index (χ3v) is 4.33. The highest BCUT2D eigenvalue weighted by Crippen LogP contribution is 2.21. The van der Waals surface area contributed by atoms with E-state index in [1.54, 1.807) is 38.1 Å². The lowest BCUT2D eigenvalue weighted by Gasteiger charge is -2.11. The number of rotatable bonds is 3. The van der Waals surface area contributed by atoms with E-state index in [1.165, 1.54) is 12.3 Å². The fourth-order valence-electron chi connectivity index (χ4n) is 1.73. The second-order valence-corrected chi connectivity index (χ2v) is 6.02. The lowest BCUT2D eigenvalue weighted by molar-refractivity contribution is 0.600. The Morgan fingerprint density at radius 2 is 1.95 bits per heavy atom. The van der Waals surface area contributed by atoms with Crippen LogP contribution in [0.2, 0.25) is 0 Å². The first-order chi connectivity index (χ1) is 9.44. The van der Waals surface area contributed by atoms with Gasteiger partial charge in [-0.1, -0.05) is 12.1 Å². The van der Waals surface area contributed by atoms with Gasteiger partial charge in [0.1, 0.15) is 5.82 Å². The molecule has 0 saturated heterocycles. The predicted octanol–water partition coefficient (Wildman–Crippen LogP) is 2.37. The number of sulfonamides is 1. The van der Waals surface area contributed by atoms with Crippen molar-refractivity contribution in [2.24, 2.45) is 0 Å². The Hall–Kier alpha value is -2.39. The van der Waals surface area contributed by atoms with Crippen molar-refractivity contribution in [3.63, 3.8) is 0 Å². The molecule has 20 heavy (non-hydrogen) atoms. The fourth-order valence-corrected chi connectivity index (χ4v) is 3.09. The van der Waals surface area contributed by atoms with Crippen molar-refractivity contribution in [1.29, 1.82) is 5.26 Å². The van der Waals surface area contributed by atoms with E-state index in [9.17, 15) is 8.42 Å². The van der Waals surface area contributed by atoms with E-state index in [4.69, 9.17) is 5.26 Å². The summed E-state index contributed by atoms with van der Waals surface area (Å²) < 4.78 is 27.2. The van der Waals surface area contributed by atoms with Crippen LogP contribution in [0.15, 0.2) is 41.4 Å². The number of hydrogen-bond donors (Lipinski definition) is 1.